The number of halogens is 2. The molecule has 4 rings (SSSR count). The molecule has 0 aromatic carbocycles. The van der Waals surface area contributed by atoms with Gasteiger partial charge in [0.25, 0.3) is 11.5 Å². The molecule has 4 aromatic rings. The number of nitrogens with zero attached hydrogens (tertiary/aromatic N) is 6. The van der Waals surface area contributed by atoms with E-state index in [1.165, 1.54) is 42.5 Å². The first-order valence-corrected chi connectivity index (χ1v) is 11.1. The Balaban J connectivity index is 1.56. The number of nitrogens with one attached hydrogen (secondary N) is 2. The lowest BCUT2D eigenvalue weighted by Gasteiger charge is -2.13. The normalized spacial score (nSPS) is 11.6. The van der Waals surface area contributed by atoms with E-state index in [4.69, 9.17) is 0 Å². The maximum absolute atomic E-state index is 13.7. The van der Waals surface area contributed by atoms with E-state index >= 15 is 0 Å². The Kier molecular flexibility index (Phi) is 6.74. The SMILES string of the molecule is CCC(=O)Cn1c(=O)[nH]c2ncn(CC(=O)Nc3cncc(-c4cnc(C(C)(F)F)c(C)c4)n3)c2c1=O. The minimum absolute atomic E-state index is 0.0197. The molecule has 4 heterocycles. The fourth-order valence-corrected chi connectivity index (χ4v) is 3.72. The molecule has 0 unspecified atom stereocenters. The number of pyridine rings is 1. The third kappa shape index (κ3) is 5.32. The Morgan fingerprint density at radius 1 is 1.14 bits per heavy atom. The predicted molar refractivity (Wildman–Crippen MR) is 128 cm³/mol. The van der Waals surface area contributed by atoms with Crippen molar-refractivity contribution in [2.75, 3.05) is 5.32 Å². The second-order valence-corrected chi connectivity index (χ2v) is 8.40. The van der Waals surface area contributed by atoms with Gasteiger partial charge in [-0.1, -0.05) is 6.92 Å². The number of Topliss-reactive ketones (excluding diaryl/α,β-unsaturated/α-hetero) is 1. The van der Waals surface area contributed by atoms with Crippen LogP contribution in [0.3, 0.4) is 0 Å². The van der Waals surface area contributed by atoms with Crippen molar-refractivity contribution in [1.82, 2.24) is 34.1 Å². The maximum atomic E-state index is 13.7. The van der Waals surface area contributed by atoms with Crippen LogP contribution in [-0.2, 0) is 28.6 Å². The average molecular weight is 512 g/mol. The molecule has 0 bridgehead atoms. The molecule has 2 N–H and O–H groups in total. The highest BCUT2D eigenvalue weighted by atomic mass is 19.3. The first-order chi connectivity index (χ1) is 17.5. The first-order valence-electron chi connectivity index (χ1n) is 11.1. The van der Waals surface area contributed by atoms with Gasteiger partial charge in [-0.2, -0.15) is 8.78 Å². The van der Waals surface area contributed by atoms with Crippen LogP contribution in [0.5, 0.6) is 0 Å². The molecule has 4 aromatic heterocycles. The number of hydrogen-bond acceptors (Lipinski definition) is 8. The Hall–Kier alpha value is -4.62. The smallest absolute Gasteiger partial charge is 0.315 e. The number of aryl methyl sites for hydroxylation is 1. The molecule has 0 spiro atoms. The van der Waals surface area contributed by atoms with Crippen LogP contribution in [0.1, 0.15) is 31.5 Å². The van der Waals surface area contributed by atoms with Gasteiger partial charge in [-0.05, 0) is 18.6 Å². The number of imidazole rings is 1. The summed E-state index contributed by atoms with van der Waals surface area (Å²) in [5.41, 5.74) is -0.938. The average Bonchev–Trinajstić information content (AvgIpc) is 3.22. The number of fused-ring (bicyclic) bond motifs is 1. The number of carbonyl (C=O) groups excluding carboxylic acids is 2. The van der Waals surface area contributed by atoms with Gasteiger partial charge in [0.1, 0.15) is 12.2 Å². The lowest BCUT2D eigenvalue weighted by molar-refractivity contribution is -0.119. The molecule has 0 saturated carbocycles. The number of ketones is 1. The van der Waals surface area contributed by atoms with Crippen LogP contribution in [0, 0.1) is 6.92 Å². The van der Waals surface area contributed by atoms with Gasteiger partial charge in [0.05, 0.1) is 31.0 Å². The van der Waals surface area contributed by atoms with Gasteiger partial charge in [0.15, 0.2) is 22.8 Å². The number of aromatic nitrogens is 7. The van der Waals surface area contributed by atoms with Gasteiger partial charge in [-0.25, -0.2) is 14.8 Å². The zero-order valence-electron chi connectivity index (χ0n) is 20.1. The molecule has 0 aliphatic heterocycles. The van der Waals surface area contributed by atoms with Crippen LogP contribution in [0.15, 0.2) is 40.6 Å². The van der Waals surface area contributed by atoms with Crippen LogP contribution < -0.4 is 16.6 Å². The van der Waals surface area contributed by atoms with Gasteiger partial charge in [0, 0.05) is 25.1 Å². The molecule has 0 aliphatic carbocycles. The molecule has 192 valence electrons. The van der Waals surface area contributed by atoms with Crippen LogP contribution in [0.25, 0.3) is 22.4 Å². The number of carbonyl (C=O) groups is 2. The molecular formula is C23H22F2N8O4. The quantitative estimate of drug-likeness (QED) is 0.362. The van der Waals surface area contributed by atoms with Crippen LogP contribution >= 0.6 is 0 Å². The van der Waals surface area contributed by atoms with Crippen molar-refractivity contribution in [2.24, 2.45) is 0 Å². The summed E-state index contributed by atoms with van der Waals surface area (Å²) in [5.74, 6) is -3.90. The van der Waals surface area contributed by atoms with Crippen LogP contribution in [-0.4, -0.2) is 45.7 Å². The van der Waals surface area contributed by atoms with E-state index in [2.05, 4.69) is 30.2 Å². The summed E-state index contributed by atoms with van der Waals surface area (Å²) in [6.45, 7) is 3.14. The van der Waals surface area contributed by atoms with Crippen molar-refractivity contribution in [3.63, 3.8) is 0 Å². The number of amides is 1. The van der Waals surface area contributed by atoms with Crippen molar-refractivity contribution in [1.29, 1.82) is 0 Å². The molecule has 1 amide bonds. The van der Waals surface area contributed by atoms with E-state index in [0.29, 0.717) is 11.3 Å². The second kappa shape index (κ2) is 9.79. The van der Waals surface area contributed by atoms with Crippen molar-refractivity contribution < 1.29 is 18.4 Å². The molecule has 14 heteroatoms. The molecule has 0 aliphatic rings. The van der Waals surface area contributed by atoms with Crippen molar-refractivity contribution in [3.8, 4) is 11.3 Å². The summed E-state index contributed by atoms with van der Waals surface area (Å²) in [6, 6.07) is 1.50. The molecule has 12 nitrogen and oxygen atoms in total. The number of anilines is 1. The molecule has 0 radical (unpaired) electrons. The number of aromatic amines is 1. The molecule has 0 saturated heterocycles. The van der Waals surface area contributed by atoms with E-state index in [1.807, 2.05) is 0 Å². The summed E-state index contributed by atoms with van der Waals surface area (Å²) in [4.78, 5) is 68.1. The van der Waals surface area contributed by atoms with Crippen molar-refractivity contribution in [3.05, 3.63) is 63.1 Å². The minimum atomic E-state index is -3.09. The minimum Gasteiger partial charge on any atom is -0.315 e. The number of rotatable bonds is 8. The number of H-pyrrole nitrogens is 1. The van der Waals surface area contributed by atoms with Crippen molar-refractivity contribution in [2.45, 2.75) is 46.2 Å². The molecular weight excluding hydrogens is 490 g/mol. The third-order valence-corrected chi connectivity index (χ3v) is 5.49. The zero-order chi connectivity index (χ0) is 26.9. The van der Waals surface area contributed by atoms with Gasteiger partial charge in [0.2, 0.25) is 5.91 Å². The molecule has 37 heavy (non-hydrogen) atoms. The fourth-order valence-electron chi connectivity index (χ4n) is 3.72. The molecule has 0 fully saturated rings. The highest BCUT2D eigenvalue weighted by molar-refractivity contribution is 5.90. The summed E-state index contributed by atoms with van der Waals surface area (Å²) < 4.78 is 29.3. The monoisotopic (exact) mass is 512 g/mol. The standard InChI is InChI=1S/C23H22F2N8O4/c1-4-14(34)9-33-21(36)18-20(31-22(33)37)28-11-32(18)10-17(35)30-16-8-26-7-15(29-16)13-5-12(2)19(27-6-13)23(3,24)25/h5-8,11H,4,9-10H2,1-3H3,(H,31,37)(H,29,30,35). The predicted octanol–water partition coefficient (Wildman–Crippen LogP) is 1.78. The Labute approximate surface area is 207 Å². The van der Waals surface area contributed by atoms with Crippen LogP contribution in [0.4, 0.5) is 14.6 Å². The zero-order valence-corrected chi connectivity index (χ0v) is 20.1. The summed E-state index contributed by atoms with van der Waals surface area (Å²) in [7, 11) is 0. The number of hydrogen-bond donors (Lipinski definition) is 2. The van der Waals surface area contributed by atoms with E-state index in [9.17, 15) is 28.0 Å². The fraction of sp³-hybridized carbons (Fsp3) is 0.304. The Morgan fingerprint density at radius 2 is 1.89 bits per heavy atom. The largest absolute Gasteiger partial charge is 0.330 e. The Bertz CT molecular complexity index is 1630. The third-order valence-electron chi connectivity index (χ3n) is 5.49. The van der Waals surface area contributed by atoms with Crippen LogP contribution in [0.2, 0.25) is 0 Å². The summed E-state index contributed by atoms with van der Waals surface area (Å²) in [5, 5.41) is 2.56. The Morgan fingerprint density at radius 3 is 2.57 bits per heavy atom. The second-order valence-electron chi connectivity index (χ2n) is 8.40. The van der Waals surface area contributed by atoms with Gasteiger partial charge < -0.3 is 9.88 Å². The van der Waals surface area contributed by atoms with E-state index < -0.39 is 29.6 Å². The summed E-state index contributed by atoms with van der Waals surface area (Å²) >= 11 is 0. The van der Waals surface area contributed by atoms with Gasteiger partial charge in [-0.3, -0.25) is 33.9 Å². The number of alkyl halides is 2. The lowest BCUT2D eigenvalue weighted by atomic mass is 10.1. The highest BCUT2D eigenvalue weighted by Crippen LogP contribution is 2.29. The lowest BCUT2D eigenvalue weighted by Crippen LogP contribution is -2.38. The van der Waals surface area contributed by atoms with E-state index in [0.717, 1.165) is 11.5 Å². The first kappa shape index (κ1) is 25.5. The topological polar surface area (TPSA) is 158 Å². The van der Waals surface area contributed by atoms with Crippen molar-refractivity contribution >= 4 is 28.7 Å². The van der Waals surface area contributed by atoms with E-state index in [-0.39, 0.29) is 47.0 Å². The van der Waals surface area contributed by atoms with Gasteiger partial charge >= 0.3 is 5.69 Å². The summed E-state index contributed by atoms with van der Waals surface area (Å²) in [6.07, 6.45) is 5.31. The molecule has 0 atom stereocenters. The van der Waals surface area contributed by atoms with Gasteiger partial charge in [-0.15, -0.1) is 0 Å². The highest BCUT2D eigenvalue weighted by Gasteiger charge is 2.28. The maximum Gasteiger partial charge on any atom is 0.330 e. The van der Waals surface area contributed by atoms with E-state index in [1.54, 1.807) is 6.92 Å².